The summed E-state index contributed by atoms with van der Waals surface area (Å²) in [6.45, 7) is 3.53. The van der Waals surface area contributed by atoms with Gasteiger partial charge in [-0.15, -0.1) is 0 Å². The van der Waals surface area contributed by atoms with Gasteiger partial charge >= 0.3 is 12.1 Å². The van der Waals surface area contributed by atoms with Gasteiger partial charge in [0.05, 0.1) is 18.6 Å². The molecule has 2 aliphatic rings. The third-order valence-corrected chi connectivity index (χ3v) is 3.86. The Bertz CT molecular complexity index is 623. The maximum Gasteiger partial charge on any atom is 0.411 e. The van der Waals surface area contributed by atoms with Crippen molar-refractivity contribution in [3.63, 3.8) is 0 Å². The first-order valence-corrected chi connectivity index (χ1v) is 7.01. The van der Waals surface area contributed by atoms with E-state index in [1.807, 2.05) is 0 Å². The molecule has 3 rings (SSSR count). The number of carbonyl (C=O) groups excluding carboxylic acids is 2. The lowest BCUT2D eigenvalue weighted by Gasteiger charge is -2.12. The Morgan fingerprint density at radius 3 is 2.45 bits per heavy atom. The minimum atomic E-state index is -0.785. The summed E-state index contributed by atoms with van der Waals surface area (Å²) in [7, 11) is 0. The topological polar surface area (TPSA) is 64.6 Å². The fourth-order valence-corrected chi connectivity index (χ4v) is 2.91. The number of hydrogen-bond donors (Lipinski definition) is 1. The second-order valence-electron chi connectivity index (χ2n) is 5.78. The lowest BCUT2D eigenvalue weighted by atomic mass is 10.1. The van der Waals surface area contributed by atoms with Crippen LogP contribution in [0.4, 0.5) is 19.3 Å². The van der Waals surface area contributed by atoms with Crippen LogP contribution in [-0.2, 0) is 14.3 Å². The van der Waals surface area contributed by atoms with E-state index in [0.29, 0.717) is 0 Å². The van der Waals surface area contributed by atoms with Crippen molar-refractivity contribution in [3.05, 3.63) is 29.3 Å². The molecule has 1 saturated carbocycles. The van der Waals surface area contributed by atoms with Gasteiger partial charge < -0.3 is 9.47 Å². The minimum absolute atomic E-state index is 0.0298. The number of hydrogen-bond acceptors (Lipinski definition) is 4. The molecule has 1 saturated heterocycles. The lowest BCUT2D eigenvalue weighted by molar-refractivity contribution is -0.141. The molecule has 1 heterocycles. The number of anilines is 1. The number of amides is 1. The summed E-state index contributed by atoms with van der Waals surface area (Å²) in [6, 6.07) is 2.05. The number of esters is 1. The van der Waals surface area contributed by atoms with Crippen molar-refractivity contribution in [1.29, 1.82) is 0 Å². The molecule has 7 heteroatoms. The number of halogens is 2. The normalized spacial score (nSPS) is 25.7. The van der Waals surface area contributed by atoms with Crippen molar-refractivity contribution in [2.24, 2.45) is 11.8 Å². The highest BCUT2D eigenvalue weighted by atomic mass is 19.1. The Hall–Kier alpha value is -2.18. The predicted octanol–water partition coefficient (Wildman–Crippen LogP) is 2.81. The van der Waals surface area contributed by atoms with Crippen LogP contribution in [0.5, 0.6) is 0 Å². The van der Waals surface area contributed by atoms with E-state index < -0.39 is 35.5 Å². The molecule has 1 aromatic carbocycles. The second kappa shape index (κ2) is 5.23. The van der Waals surface area contributed by atoms with Crippen LogP contribution < -0.4 is 5.32 Å². The molecule has 118 valence electrons. The molecule has 22 heavy (non-hydrogen) atoms. The third-order valence-electron chi connectivity index (χ3n) is 3.86. The summed E-state index contributed by atoms with van der Waals surface area (Å²) in [5.41, 5.74) is -0.146. The van der Waals surface area contributed by atoms with Gasteiger partial charge in [0.15, 0.2) is 0 Å². The van der Waals surface area contributed by atoms with Gasteiger partial charge in [-0.1, -0.05) is 0 Å². The summed E-state index contributed by atoms with van der Waals surface area (Å²) < 4.78 is 38.0. The molecule has 3 unspecified atom stereocenters. The summed E-state index contributed by atoms with van der Waals surface area (Å²) in [5, 5.41) is 2.27. The molecule has 3 atom stereocenters. The Morgan fingerprint density at radius 1 is 1.32 bits per heavy atom. The van der Waals surface area contributed by atoms with Crippen molar-refractivity contribution in [1.82, 2.24) is 0 Å². The molecule has 2 fully saturated rings. The van der Waals surface area contributed by atoms with Crippen LogP contribution >= 0.6 is 0 Å². The zero-order chi connectivity index (χ0) is 16.0. The smallest absolute Gasteiger partial charge is 0.411 e. The van der Waals surface area contributed by atoms with Crippen molar-refractivity contribution in [2.75, 3.05) is 11.9 Å². The number of ether oxygens (including phenoxy) is 2. The molecule has 0 bridgehead atoms. The van der Waals surface area contributed by atoms with Gasteiger partial charge in [0.25, 0.3) is 0 Å². The zero-order valence-electron chi connectivity index (χ0n) is 12.1. The van der Waals surface area contributed by atoms with E-state index in [4.69, 9.17) is 9.47 Å². The number of nitrogens with one attached hydrogen (secondary N) is 1. The molecule has 1 N–H and O–H groups in total. The first-order valence-electron chi connectivity index (χ1n) is 7.01. The van der Waals surface area contributed by atoms with Crippen LogP contribution in [0.1, 0.15) is 25.3 Å². The summed E-state index contributed by atoms with van der Waals surface area (Å²) in [4.78, 5) is 22.8. The van der Waals surface area contributed by atoms with Gasteiger partial charge in [0.2, 0.25) is 0 Å². The maximum absolute atomic E-state index is 14.2. The van der Waals surface area contributed by atoms with Crippen LogP contribution in [0.25, 0.3) is 0 Å². The summed E-state index contributed by atoms with van der Waals surface area (Å²) in [6.07, 6.45) is -1.13. The van der Waals surface area contributed by atoms with Gasteiger partial charge in [-0.3, -0.25) is 10.1 Å². The summed E-state index contributed by atoms with van der Waals surface area (Å²) >= 11 is 0. The maximum atomic E-state index is 14.2. The van der Waals surface area contributed by atoms with Gasteiger partial charge in [-0.05, 0) is 26.0 Å². The zero-order valence-corrected chi connectivity index (χ0v) is 12.1. The highest BCUT2D eigenvalue weighted by Gasteiger charge is 2.62. The number of cyclic esters (lactones) is 1. The molecule has 1 amide bonds. The van der Waals surface area contributed by atoms with E-state index in [2.05, 4.69) is 5.32 Å². The third kappa shape index (κ3) is 2.51. The predicted molar refractivity (Wildman–Crippen MR) is 72.3 cm³/mol. The number of fused-ring (bicyclic) bond motifs is 1. The van der Waals surface area contributed by atoms with Crippen molar-refractivity contribution >= 4 is 17.7 Å². The molecule has 0 radical (unpaired) electrons. The lowest BCUT2D eigenvalue weighted by Crippen LogP contribution is -2.18. The number of rotatable bonds is 3. The summed E-state index contributed by atoms with van der Waals surface area (Å²) in [5.74, 6) is -3.05. The first kappa shape index (κ1) is 14.7. The quantitative estimate of drug-likeness (QED) is 0.872. The van der Waals surface area contributed by atoms with Crippen LogP contribution in [-0.4, -0.2) is 24.8 Å². The molecule has 1 aliphatic carbocycles. The van der Waals surface area contributed by atoms with E-state index in [1.54, 1.807) is 13.8 Å². The van der Waals surface area contributed by atoms with Crippen molar-refractivity contribution in [3.8, 4) is 0 Å². The van der Waals surface area contributed by atoms with E-state index in [1.165, 1.54) is 0 Å². The van der Waals surface area contributed by atoms with Gasteiger partial charge in [0.1, 0.15) is 11.6 Å². The van der Waals surface area contributed by atoms with Crippen molar-refractivity contribution < 1.29 is 27.8 Å². The highest BCUT2D eigenvalue weighted by molar-refractivity contribution is 5.85. The van der Waals surface area contributed by atoms with E-state index in [0.717, 1.165) is 12.1 Å². The van der Waals surface area contributed by atoms with E-state index in [-0.39, 0.29) is 29.9 Å². The fraction of sp³-hybridized carbons (Fsp3) is 0.467. The molecule has 0 spiro atoms. The van der Waals surface area contributed by atoms with E-state index >= 15 is 0 Å². The van der Waals surface area contributed by atoms with Crippen molar-refractivity contribution in [2.45, 2.75) is 25.9 Å². The molecule has 1 aromatic rings. The van der Waals surface area contributed by atoms with Crippen LogP contribution in [0, 0.1) is 23.5 Å². The average molecular weight is 311 g/mol. The second-order valence-corrected chi connectivity index (χ2v) is 5.78. The Labute approximate surface area is 125 Å². The number of carbonyl (C=O) groups is 2. The van der Waals surface area contributed by atoms with E-state index in [9.17, 15) is 18.4 Å². The highest BCUT2D eigenvalue weighted by Crippen LogP contribution is 2.59. The molecule has 1 aliphatic heterocycles. The van der Waals surface area contributed by atoms with Gasteiger partial charge in [-0.2, -0.15) is 0 Å². The van der Waals surface area contributed by atoms with Gasteiger partial charge in [0, 0.05) is 23.1 Å². The fourth-order valence-electron chi connectivity index (χ4n) is 2.91. The van der Waals surface area contributed by atoms with Crippen LogP contribution in [0.3, 0.4) is 0 Å². The van der Waals surface area contributed by atoms with Gasteiger partial charge in [-0.25, -0.2) is 13.6 Å². The number of benzene rings is 1. The largest absolute Gasteiger partial charge is 0.465 e. The molecule has 0 aromatic heterocycles. The Kier molecular flexibility index (Phi) is 3.50. The van der Waals surface area contributed by atoms with Crippen LogP contribution in [0.15, 0.2) is 12.1 Å². The Morgan fingerprint density at radius 2 is 1.95 bits per heavy atom. The monoisotopic (exact) mass is 311 g/mol. The molecular weight excluding hydrogens is 296 g/mol. The SMILES string of the molecule is CC(C)OC(=O)Nc1cc(F)c(C2C3COC(=O)C32)c(F)c1. The first-order chi connectivity index (χ1) is 10.4. The minimum Gasteiger partial charge on any atom is -0.465 e. The standard InChI is InChI=1S/C15H15F2NO4/c1-6(2)22-15(20)18-7-3-9(16)13(10(17)4-7)11-8-5-21-14(19)12(8)11/h3-4,6,8,11-12H,5H2,1-2H3,(H,18,20). The molecule has 5 nitrogen and oxygen atoms in total. The average Bonchev–Trinajstić information content (AvgIpc) is 2.95. The molecular formula is C15H15F2NO4. The Balaban J connectivity index is 1.78. The van der Waals surface area contributed by atoms with Crippen LogP contribution in [0.2, 0.25) is 0 Å².